The number of nitrogens with zero attached hydrogens (tertiary/aromatic N) is 3. The minimum atomic E-state index is 0.151. The summed E-state index contributed by atoms with van der Waals surface area (Å²) in [5, 5.41) is 12.7. The standard InChI is InChI=1S/C13H22N4O/c1-2-11-8-13(16-10-15-11)17(6-7-18)9-12-4-3-5-14-12/h8,10,12,14,18H,2-7,9H2,1H3. The molecule has 100 valence electrons. The van der Waals surface area contributed by atoms with E-state index < -0.39 is 0 Å². The van der Waals surface area contributed by atoms with Gasteiger partial charge in [-0.15, -0.1) is 0 Å². The van der Waals surface area contributed by atoms with Gasteiger partial charge in [-0.3, -0.25) is 0 Å². The van der Waals surface area contributed by atoms with Gasteiger partial charge in [-0.25, -0.2) is 9.97 Å². The van der Waals surface area contributed by atoms with Crippen LogP contribution in [0.5, 0.6) is 0 Å². The lowest BCUT2D eigenvalue weighted by atomic mass is 10.2. The summed E-state index contributed by atoms with van der Waals surface area (Å²) in [5.41, 5.74) is 1.04. The second-order valence-electron chi connectivity index (χ2n) is 4.68. The van der Waals surface area contributed by atoms with Crippen LogP contribution in [0.2, 0.25) is 0 Å². The van der Waals surface area contributed by atoms with Gasteiger partial charge in [0.1, 0.15) is 12.1 Å². The molecule has 1 fully saturated rings. The second kappa shape index (κ2) is 6.66. The molecular formula is C13H22N4O. The first-order valence-electron chi connectivity index (χ1n) is 6.73. The van der Waals surface area contributed by atoms with Gasteiger partial charge in [0.2, 0.25) is 0 Å². The lowest BCUT2D eigenvalue weighted by Crippen LogP contribution is -2.39. The Morgan fingerprint density at radius 3 is 3.06 bits per heavy atom. The Balaban J connectivity index is 2.06. The summed E-state index contributed by atoms with van der Waals surface area (Å²) in [7, 11) is 0. The zero-order valence-electron chi connectivity index (χ0n) is 11.0. The smallest absolute Gasteiger partial charge is 0.132 e. The van der Waals surface area contributed by atoms with Gasteiger partial charge in [0.15, 0.2) is 0 Å². The first-order valence-corrected chi connectivity index (χ1v) is 6.73. The van der Waals surface area contributed by atoms with Crippen LogP contribution in [0, 0.1) is 0 Å². The first-order chi connectivity index (χ1) is 8.83. The Morgan fingerprint density at radius 2 is 2.39 bits per heavy atom. The Labute approximate surface area is 108 Å². The maximum absolute atomic E-state index is 9.19. The Hall–Kier alpha value is -1.20. The molecule has 2 heterocycles. The molecule has 0 aliphatic carbocycles. The van der Waals surface area contributed by atoms with Crippen molar-refractivity contribution in [3.8, 4) is 0 Å². The zero-order chi connectivity index (χ0) is 12.8. The van der Waals surface area contributed by atoms with Crippen molar-refractivity contribution in [2.75, 3.05) is 31.1 Å². The Bertz CT molecular complexity index is 366. The molecule has 1 aromatic rings. The van der Waals surface area contributed by atoms with Crippen molar-refractivity contribution < 1.29 is 5.11 Å². The van der Waals surface area contributed by atoms with Crippen molar-refractivity contribution in [3.63, 3.8) is 0 Å². The summed E-state index contributed by atoms with van der Waals surface area (Å²) in [4.78, 5) is 10.7. The molecule has 0 aromatic carbocycles. The van der Waals surface area contributed by atoms with E-state index in [0.29, 0.717) is 12.6 Å². The van der Waals surface area contributed by atoms with Crippen LogP contribution in [-0.2, 0) is 6.42 Å². The molecule has 0 spiro atoms. The highest BCUT2D eigenvalue weighted by atomic mass is 16.3. The molecule has 2 rings (SSSR count). The topological polar surface area (TPSA) is 61.3 Å². The van der Waals surface area contributed by atoms with Gasteiger partial charge in [-0.05, 0) is 25.8 Å². The molecule has 1 aliphatic rings. The number of hydrogen-bond donors (Lipinski definition) is 2. The second-order valence-corrected chi connectivity index (χ2v) is 4.68. The fraction of sp³-hybridized carbons (Fsp3) is 0.692. The predicted molar refractivity (Wildman–Crippen MR) is 71.7 cm³/mol. The maximum Gasteiger partial charge on any atom is 0.132 e. The zero-order valence-corrected chi connectivity index (χ0v) is 11.0. The largest absolute Gasteiger partial charge is 0.395 e. The SMILES string of the molecule is CCc1cc(N(CCO)CC2CCCN2)ncn1. The van der Waals surface area contributed by atoms with Gasteiger partial charge in [0, 0.05) is 30.9 Å². The third-order valence-corrected chi connectivity index (χ3v) is 3.37. The van der Waals surface area contributed by atoms with Crippen LogP contribution >= 0.6 is 0 Å². The van der Waals surface area contributed by atoms with Crippen molar-refractivity contribution in [1.82, 2.24) is 15.3 Å². The molecule has 1 saturated heterocycles. The van der Waals surface area contributed by atoms with Crippen LogP contribution in [0.4, 0.5) is 5.82 Å². The lowest BCUT2D eigenvalue weighted by molar-refractivity contribution is 0.300. The number of hydrogen-bond acceptors (Lipinski definition) is 5. The number of rotatable bonds is 6. The number of nitrogens with one attached hydrogen (secondary N) is 1. The molecule has 0 amide bonds. The number of aliphatic hydroxyl groups is 1. The molecule has 0 bridgehead atoms. The highest BCUT2D eigenvalue weighted by molar-refractivity contribution is 5.39. The van der Waals surface area contributed by atoms with Gasteiger partial charge in [0.25, 0.3) is 0 Å². The van der Waals surface area contributed by atoms with E-state index in [9.17, 15) is 5.11 Å². The Morgan fingerprint density at radius 1 is 1.50 bits per heavy atom. The van der Waals surface area contributed by atoms with Crippen molar-refractivity contribution in [3.05, 3.63) is 18.1 Å². The number of anilines is 1. The van der Waals surface area contributed by atoms with Crippen LogP contribution in [0.25, 0.3) is 0 Å². The average Bonchev–Trinajstić information content (AvgIpc) is 2.91. The van der Waals surface area contributed by atoms with Crippen molar-refractivity contribution in [1.29, 1.82) is 0 Å². The third-order valence-electron chi connectivity index (χ3n) is 3.37. The number of aryl methyl sites for hydroxylation is 1. The first kappa shape index (κ1) is 13.2. The quantitative estimate of drug-likeness (QED) is 0.774. The van der Waals surface area contributed by atoms with Crippen molar-refractivity contribution in [2.45, 2.75) is 32.2 Å². The highest BCUT2D eigenvalue weighted by Gasteiger charge is 2.18. The monoisotopic (exact) mass is 250 g/mol. The molecule has 5 nitrogen and oxygen atoms in total. The fourth-order valence-corrected chi connectivity index (χ4v) is 2.35. The molecule has 1 aliphatic heterocycles. The molecule has 2 N–H and O–H groups in total. The van der Waals surface area contributed by atoms with E-state index in [1.54, 1.807) is 6.33 Å². The van der Waals surface area contributed by atoms with Gasteiger partial charge in [-0.1, -0.05) is 6.92 Å². The third kappa shape index (κ3) is 3.40. The molecule has 18 heavy (non-hydrogen) atoms. The normalized spacial score (nSPS) is 19.1. The fourth-order valence-electron chi connectivity index (χ4n) is 2.35. The van der Waals surface area contributed by atoms with Crippen molar-refractivity contribution >= 4 is 5.82 Å². The van der Waals surface area contributed by atoms with Crippen LogP contribution < -0.4 is 10.2 Å². The molecule has 1 unspecified atom stereocenters. The van der Waals surface area contributed by atoms with Gasteiger partial charge >= 0.3 is 0 Å². The Kier molecular flexibility index (Phi) is 4.90. The summed E-state index contributed by atoms with van der Waals surface area (Å²) >= 11 is 0. The van der Waals surface area contributed by atoms with E-state index in [0.717, 1.165) is 31.0 Å². The molecule has 1 atom stereocenters. The summed E-state index contributed by atoms with van der Waals surface area (Å²) < 4.78 is 0. The number of aliphatic hydroxyl groups excluding tert-OH is 1. The number of aromatic nitrogens is 2. The van der Waals surface area contributed by atoms with E-state index in [2.05, 4.69) is 27.1 Å². The van der Waals surface area contributed by atoms with Gasteiger partial charge < -0.3 is 15.3 Å². The highest BCUT2D eigenvalue weighted by Crippen LogP contribution is 2.14. The summed E-state index contributed by atoms with van der Waals surface area (Å²) in [6.07, 6.45) is 4.96. The molecule has 0 radical (unpaired) electrons. The minimum absolute atomic E-state index is 0.151. The molecular weight excluding hydrogens is 228 g/mol. The van der Waals surface area contributed by atoms with Crippen LogP contribution in [0.15, 0.2) is 12.4 Å². The maximum atomic E-state index is 9.19. The lowest BCUT2D eigenvalue weighted by Gasteiger charge is -2.26. The van der Waals surface area contributed by atoms with E-state index >= 15 is 0 Å². The van der Waals surface area contributed by atoms with Gasteiger partial charge in [0.05, 0.1) is 6.61 Å². The summed E-state index contributed by atoms with van der Waals surface area (Å²) in [6.45, 7) is 4.86. The van der Waals surface area contributed by atoms with Crippen LogP contribution in [0.3, 0.4) is 0 Å². The minimum Gasteiger partial charge on any atom is -0.395 e. The summed E-state index contributed by atoms with van der Waals surface area (Å²) in [6, 6.07) is 2.53. The molecule has 1 aromatic heterocycles. The van der Waals surface area contributed by atoms with E-state index in [4.69, 9.17) is 0 Å². The molecule has 0 saturated carbocycles. The van der Waals surface area contributed by atoms with E-state index in [-0.39, 0.29) is 6.61 Å². The van der Waals surface area contributed by atoms with E-state index in [1.165, 1.54) is 12.8 Å². The van der Waals surface area contributed by atoms with Crippen molar-refractivity contribution in [2.24, 2.45) is 0 Å². The van der Waals surface area contributed by atoms with Gasteiger partial charge in [-0.2, -0.15) is 0 Å². The van der Waals surface area contributed by atoms with Crippen LogP contribution in [-0.4, -0.2) is 47.4 Å². The average molecular weight is 250 g/mol. The summed E-state index contributed by atoms with van der Waals surface area (Å²) in [5.74, 6) is 0.921. The predicted octanol–water partition coefficient (Wildman–Crippen LogP) is 0.590. The van der Waals surface area contributed by atoms with Crippen LogP contribution in [0.1, 0.15) is 25.5 Å². The van der Waals surface area contributed by atoms with E-state index in [1.807, 2.05) is 6.07 Å². The molecule has 5 heteroatoms.